The predicted octanol–water partition coefficient (Wildman–Crippen LogP) is 5.83. The number of rotatable bonds is 6. The van der Waals surface area contributed by atoms with Crippen LogP contribution in [0, 0.1) is 11.8 Å². The van der Waals surface area contributed by atoms with E-state index in [1.807, 2.05) is 14.2 Å². The Labute approximate surface area is 138 Å². The molecule has 0 aromatic rings. The molecule has 22 heavy (non-hydrogen) atoms. The average molecular weight is 325 g/mol. The van der Waals surface area contributed by atoms with Gasteiger partial charge in [0.2, 0.25) is 0 Å². The van der Waals surface area contributed by atoms with Crippen LogP contribution in [-0.2, 0) is 8.85 Å². The van der Waals surface area contributed by atoms with Crippen LogP contribution >= 0.6 is 0 Å². The van der Waals surface area contributed by atoms with E-state index in [9.17, 15) is 0 Å². The Kier molecular flexibility index (Phi) is 7.65. The third-order valence-corrected chi connectivity index (χ3v) is 10.2. The van der Waals surface area contributed by atoms with Gasteiger partial charge >= 0.3 is 8.56 Å². The van der Waals surface area contributed by atoms with Crippen LogP contribution in [0.4, 0.5) is 0 Å². The van der Waals surface area contributed by atoms with Crippen LogP contribution in [0.25, 0.3) is 0 Å². The van der Waals surface area contributed by atoms with Gasteiger partial charge in [0, 0.05) is 19.8 Å². The lowest BCUT2D eigenvalue weighted by atomic mass is 10.0. The maximum Gasteiger partial charge on any atom is 0.340 e. The molecule has 2 nitrogen and oxygen atoms in total. The third kappa shape index (κ3) is 4.69. The molecule has 0 aromatic carbocycles. The van der Waals surface area contributed by atoms with Gasteiger partial charge in [0.25, 0.3) is 0 Å². The standard InChI is InChI=1S/C12H26O2Si.C7H10/c1-4-5-11-15(13-2,14-3)12-9-7-6-8-10-12;1-2-7-4-3-6(1)5-7/h12H,4-11H2,1-3H3;1-2,6-7H,3-5H2. The summed E-state index contributed by atoms with van der Waals surface area (Å²) in [6.07, 6.45) is 18.5. The van der Waals surface area contributed by atoms with Crippen molar-refractivity contribution in [2.24, 2.45) is 11.8 Å². The van der Waals surface area contributed by atoms with Crippen molar-refractivity contribution in [2.45, 2.75) is 82.7 Å². The normalized spacial score (nSPS) is 27.8. The molecule has 0 N–H and O–H groups in total. The average Bonchev–Trinajstić information content (AvgIpc) is 3.24. The fourth-order valence-electron chi connectivity index (χ4n) is 4.51. The molecule has 0 heterocycles. The van der Waals surface area contributed by atoms with Gasteiger partial charge in [0.05, 0.1) is 0 Å². The minimum absolute atomic E-state index is 0.743. The molecule has 0 saturated heterocycles. The Hall–Kier alpha value is -0.123. The molecule has 3 aliphatic carbocycles. The first-order valence-corrected chi connectivity index (χ1v) is 11.6. The molecule has 0 radical (unpaired) electrons. The first-order chi connectivity index (χ1) is 10.7. The summed E-state index contributed by atoms with van der Waals surface area (Å²) in [6, 6.07) is 1.18. The van der Waals surface area contributed by atoms with Gasteiger partial charge in [-0.25, -0.2) is 0 Å². The summed E-state index contributed by atoms with van der Waals surface area (Å²) in [5, 5.41) is 0. The van der Waals surface area contributed by atoms with E-state index in [1.54, 1.807) is 0 Å². The van der Waals surface area contributed by atoms with Crippen molar-refractivity contribution in [3.05, 3.63) is 12.2 Å². The SMILES string of the molecule is C1=CC2CCC1C2.CCCC[Si](OC)(OC)C1CCCCC1. The van der Waals surface area contributed by atoms with Crippen molar-refractivity contribution in [3.63, 3.8) is 0 Å². The molecule has 3 aliphatic rings. The summed E-state index contributed by atoms with van der Waals surface area (Å²) in [7, 11) is 1.86. The van der Waals surface area contributed by atoms with Gasteiger partial charge in [-0.3, -0.25) is 0 Å². The Morgan fingerprint density at radius 1 is 0.909 bits per heavy atom. The molecule has 2 bridgehead atoms. The number of unbranched alkanes of at least 4 members (excludes halogenated alkanes) is 1. The molecule has 0 amide bonds. The van der Waals surface area contributed by atoms with Crippen molar-refractivity contribution in [2.75, 3.05) is 14.2 Å². The van der Waals surface area contributed by atoms with Gasteiger partial charge in [-0.1, -0.05) is 51.2 Å². The predicted molar refractivity (Wildman–Crippen MR) is 96.3 cm³/mol. The highest BCUT2D eigenvalue weighted by Crippen LogP contribution is 2.40. The van der Waals surface area contributed by atoms with Crippen molar-refractivity contribution in [1.82, 2.24) is 0 Å². The molecule has 128 valence electrons. The lowest BCUT2D eigenvalue weighted by molar-refractivity contribution is 0.215. The Bertz CT molecular complexity index is 320. The van der Waals surface area contributed by atoms with Crippen LogP contribution in [-0.4, -0.2) is 22.8 Å². The van der Waals surface area contributed by atoms with Gasteiger partial charge < -0.3 is 8.85 Å². The van der Waals surface area contributed by atoms with Crippen molar-refractivity contribution < 1.29 is 8.85 Å². The van der Waals surface area contributed by atoms with Crippen LogP contribution in [0.5, 0.6) is 0 Å². The number of allylic oxidation sites excluding steroid dienone is 2. The molecule has 0 spiro atoms. The first-order valence-electron chi connectivity index (χ1n) is 9.52. The maximum atomic E-state index is 5.85. The van der Waals surface area contributed by atoms with E-state index >= 15 is 0 Å². The Morgan fingerprint density at radius 3 is 1.86 bits per heavy atom. The van der Waals surface area contributed by atoms with E-state index in [2.05, 4.69) is 19.1 Å². The minimum Gasteiger partial charge on any atom is -0.397 e. The van der Waals surface area contributed by atoms with Crippen LogP contribution in [0.15, 0.2) is 12.2 Å². The molecule has 2 fully saturated rings. The zero-order valence-corrected chi connectivity index (χ0v) is 16.0. The Balaban J connectivity index is 0.000000205. The van der Waals surface area contributed by atoms with Gasteiger partial charge in [0.15, 0.2) is 0 Å². The fraction of sp³-hybridized carbons (Fsp3) is 0.895. The highest BCUT2D eigenvalue weighted by molar-refractivity contribution is 6.69. The molecular formula is C19H36O2Si. The van der Waals surface area contributed by atoms with E-state index < -0.39 is 8.56 Å². The second kappa shape index (κ2) is 9.24. The second-order valence-electron chi connectivity index (χ2n) is 7.38. The zero-order chi connectivity index (χ0) is 15.8. The molecule has 0 aromatic heterocycles. The molecular weight excluding hydrogens is 288 g/mol. The van der Waals surface area contributed by atoms with Crippen molar-refractivity contribution >= 4 is 8.56 Å². The summed E-state index contributed by atoms with van der Waals surface area (Å²) in [5.41, 5.74) is 0.743. The van der Waals surface area contributed by atoms with Crippen LogP contribution in [0.1, 0.15) is 71.1 Å². The van der Waals surface area contributed by atoms with Gasteiger partial charge in [-0.15, -0.1) is 0 Å². The minimum atomic E-state index is -1.86. The fourth-order valence-corrected chi connectivity index (χ4v) is 8.29. The van der Waals surface area contributed by atoms with E-state index in [0.29, 0.717) is 0 Å². The molecule has 0 aliphatic heterocycles. The highest BCUT2D eigenvalue weighted by Gasteiger charge is 2.43. The monoisotopic (exact) mass is 324 g/mol. The highest BCUT2D eigenvalue weighted by atomic mass is 28.4. The van der Waals surface area contributed by atoms with Gasteiger partial charge in [0.1, 0.15) is 0 Å². The van der Waals surface area contributed by atoms with E-state index in [0.717, 1.165) is 17.4 Å². The van der Waals surface area contributed by atoms with Gasteiger partial charge in [-0.05, 0) is 50.0 Å². The summed E-state index contributed by atoms with van der Waals surface area (Å²) in [6.45, 7) is 2.24. The van der Waals surface area contributed by atoms with Crippen LogP contribution in [0.2, 0.25) is 11.6 Å². The smallest absolute Gasteiger partial charge is 0.340 e. The van der Waals surface area contributed by atoms with Gasteiger partial charge in [-0.2, -0.15) is 0 Å². The zero-order valence-electron chi connectivity index (χ0n) is 15.0. The van der Waals surface area contributed by atoms with E-state index in [-0.39, 0.29) is 0 Å². The van der Waals surface area contributed by atoms with Crippen molar-refractivity contribution in [1.29, 1.82) is 0 Å². The first kappa shape index (κ1) is 18.2. The maximum absolute atomic E-state index is 5.85. The number of fused-ring (bicyclic) bond motifs is 2. The topological polar surface area (TPSA) is 18.5 Å². The lowest BCUT2D eigenvalue weighted by Crippen LogP contribution is -2.45. The van der Waals surface area contributed by atoms with Crippen molar-refractivity contribution in [3.8, 4) is 0 Å². The summed E-state index contributed by atoms with van der Waals surface area (Å²) in [5.74, 6) is 1.98. The third-order valence-electron chi connectivity index (χ3n) is 5.97. The summed E-state index contributed by atoms with van der Waals surface area (Å²) >= 11 is 0. The largest absolute Gasteiger partial charge is 0.397 e. The van der Waals surface area contributed by atoms with E-state index in [4.69, 9.17) is 8.85 Å². The number of hydrogen-bond donors (Lipinski definition) is 0. The van der Waals surface area contributed by atoms with Crippen LogP contribution < -0.4 is 0 Å². The summed E-state index contributed by atoms with van der Waals surface area (Å²) in [4.78, 5) is 0. The Morgan fingerprint density at radius 2 is 1.50 bits per heavy atom. The van der Waals surface area contributed by atoms with E-state index in [1.165, 1.54) is 70.3 Å². The molecule has 2 atom stereocenters. The quantitative estimate of drug-likeness (QED) is 0.452. The summed E-state index contributed by atoms with van der Waals surface area (Å²) < 4.78 is 11.7. The molecule has 2 saturated carbocycles. The lowest BCUT2D eigenvalue weighted by Gasteiger charge is -2.37. The number of hydrogen-bond acceptors (Lipinski definition) is 2. The molecule has 2 unspecified atom stereocenters. The second-order valence-corrected chi connectivity index (χ2v) is 11.1. The molecule has 3 rings (SSSR count). The molecule has 3 heteroatoms. The van der Waals surface area contributed by atoms with Crippen LogP contribution in [0.3, 0.4) is 0 Å².